The van der Waals surface area contributed by atoms with Crippen molar-refractivity contribution in [2.24, 2.45) is 0 Å². The standard InChI is InChI=1S/C21H31N3O5.C4H4O4/c1-5-8-22-19(25)15-23-9-11-24(12-10-23)20(26)7-6-16-13-17(27-2)21(29-4)18(14-16)28-3;5-3(6)1-2-4(7)8/h6-7,13-14H,5,8-12,15H2,1-4H3,(H,22,25);1-2H,(H,5,6)(H,7,8)/b7-6+;2-1-. The van der Waals surface area contributed by atoms with E-state index in [0.29, 0.717) is 68.7 Å². The van der Waals surface area contributed by atoms with Crippen LogP contribution >= 0.6 is 0 Å². The summed E-state index contributed by atoms with van der Waals surface area (Å²) < 4.78 is 16.0. The van der Waals surface area contributed by atoms with Crippen LogP contribution in [0.1, 0.15) is 18.9 Å². The Hall–Kier alpha value is -4.06. The minimum atomic E-state index is -1.26. The summed E-state index contributed by atoms with van der Waals surface area (Å²) in [5, 5.41) is 18.5. The van der Waals surface area contributed by atoms with Gasteiger partial charge in [-0.3, -0.25) is 14.5 Å². The molecule has 3 N–H and O–H groups in total. The average Bonchev–Trinajstić information content (AvgIpc) is 2.89. The summed E-state index contributed by atoms with van der Waals surface area (Å²) in [5.41, 5.74) is 0.777. The number of rotatable bonds is 11. The van der Waals surface area contributed by atoms with E-state index in [1.54, 1.807) is 50.5 Å². The second-order valence-corrected chi connectivity index (χ2v) is 7.75. The zero-order valence-corrected chi connectivity index (χ0v) is 21.6. The Labute approximate surface area is 216 Å². The molecule has 2 rings (SSSR count). The average molecular weight is 522 g/mol. The molecule has 0 unspecified atom stereocenters. The highest BCUT2D eigenvalue weighted by molar-refractivity contribution is 5.92. The van der Waals surface area contributed by atoms with Crippen LogP contribution in [0.3, 0.4) is 0 Å². The second-order valence-electron chi connectivity index (χ2n) is 7.75. The molecule has 0 atom stereocenters. The second kappa shape index (κ2) is 16.6. The van der Waals surface area contributed by atoms with Crippen molar-refractivity contribution in [1.82, 2.24) is 15.1 Å². The molecule has 1 aliphatic rings. The van der Waals surface area contributed by atoms with Crippen molar-refractivity contribution in [1.29, 1.82) is 0 Å². The van der Waals surface area contributed by atoms with Crippen LogP contribution in [-0.4, -0.2) is 104 Å². The fraction of sp³-hybridized carbons (Fsp3) is 0.440. The number of carboxylic acid groups (broad SMARTS) is 2. The molecule has 1 aliphatic heterocycles. The van der Waals surface area contributed by atoms with Gasteiger partial charge in [0.25, 0.3) is 0 Å². The van der Waals surface area contributed by atoms with Crippen LogP contribution in [0.5, 0.6) is 17.2 Å². The number of ether oxygens (including phenoxy) is 3. The van der Waals surface area contributed by atoms with Crippen LogP contribution in [0.2, 0.25) is 0 Å². The number of hydrogen-bond donors (Lipinski definition) is 3. The summed E-state index contributed by atoms with van der Waals surface area (Å²) in [5.74, 6) is -0.956. The molecule has 1 aromatic carbocycles. The summed E-state index contributed by atoms with van der Waals surface area (Å²) in [4.78, 5) is 47.3. The molecule has 0 bridgehead atoms. The molecule has 12 heteroatoms. The maximum absolute atomic E-state index is 12.5. The largest absolute Gasteiger partial charge is 0.493 e. The van der Waals surface area contributed by atoms with Crippen molar-refractivity contribution < 1.29 is 43.6 Å². The Balaban J connectivity index is 0.000000738. The number of benzene rings is 1. The quantitative estimate of drug-likeness (QED) is 0.361. The number of nitrogens with zero attached hydrogens (tertiary/aromatic N) is 2. The molecule has 204 valence electrons. The van der Waals surface area contributed by atoms with Gasteiger partial charge in [0.15, 0.2) is 11.5 Å². The number of hydrogen-bond acceptors (Lipinski definition) is 8. The zero-order chi connectivity index (χ0) is 27.8. The Morgan fingerprint density at radius 2 is 1.43 bits per heavy atom. The van der Waals surface area contributed by atoms with Crippen LogP contribution in [0.15, 0.2) is 30.4 Å². The van der Waals surface area contributed by atoms with E-state index < -0.39 is 11.9 Å². The highest BCUT2D eigenvalue weighted by atomic mass is 16.5. The number of carbonyl (C=O) groups is 4. The molecule has 1 heterocycles. The van der Waals surface area contributed by atoms with Gasteiger partial charge in [0.05, 0.1) is 27.9 Å². The molecule has 0 radical (unpaired) electrons. The van der Waals surface area contributed by atoms with Gasteiger partial charge in [-0.05, 0) is 30.2 Å². The smallest absolute Gasteiger partial charge is 0.328 e. The first kappa shape index (κ1) is 31.0. The van der Waals surface area contributed by atoms with Crippen molar-refractivity contribution in [3.63, 3.8) is 0 Å². The first-order valence-corrected chi connectivity index (χ1v) is 11.5. The van der Waals surface area contributed by atoms with E-state index in [2.05, 4.69) is 10.2 Å². The maximum atomic E-state index is 12.5. The molecular formula is C25H35N3O9. The van der Waals surface area contributed by atoms with Gasteiger partial charge in [-0.15, -0.1) is 0 Å². The lowest BCUT2D eigenvalue weighted by atomic mass is 10.1. The van der Waals surface area contributed by atoms with Crippen LogP contribution in [0, 0.1) is 0 Å². The highest BCUT2D eigenvalue weighted by Crippen LogP contribution is 2.38. The maximum Gasteiger partial charge on any atom is 0.328 e. The van der Waals surface area contributed by atoms with E-state index in [9.17, 15) is 19.2 Å². The van der Waals surface area contributed by atoms with Crippen LogP contribution < -0.4 is 19.5 Å². The molecule has 2 amide bonds. The van der Waals surface area contributed by atoms with Gasteiger partial charge >= 0.3 is 11.9 Å². The molecule has 1 aromatic rings. The first-order chi connectivity index (χ1) is 17.6. The summed E-state index contributed by atoms with van der Waals surface area (Å²) in [6, 6.07) is 3.58. The molecule has 1 fully saturated rings. The third-order valence-corrected chi connectivity index (χ3v) is 5.10. The highest BCUT2D eigenvalue weighted by Gasteiger charge is 2.21. The van der Waals surface area contributed by atoms with Crippen molar-refractivity contribution in [3.8, 4) is 17.2 Å². The number of aliphatic carboxylic acids is 2. The van der Waals surface area contributed by atoms with E-state index >= 15 is 0 Å². The van der Waals surface area contributed by atoms with E-state index in [1.807, 2.05) is 6.92 Å². The van der Waals surface area contributed by atoms with Crippen LogP contribution in [0.4, 0.5) is 0 Å². The summed E-state index contributed by atoms with van der Waals surface area (Å²) in [6.07, 6.45) is 5.32. The number of amides is 2. The number of methoxy groups -OCH3 is 3. The van der Waals surface area contributed by atoms with Gasteiger partial charge in [-0.1, -0.05) is 6.92 Å². The Morgan fingerprint density at radius 3 is 1.86 bits per heavy atom. The number of nitrogens with one attached hydrogen (secondary N) is 1. The molecule has 0 saturated carbocycles. The number of piperazine rings is 1. The lowest BCUT2D eigenvalue weighted by Crippen LogP contribution is -2.50. The lowest BCUT2D eigenvalue weighted by Gasteiger charge is -2.33. The van der Waals surface area contributed by atoms with E-state index in [1.165, 1.54) is 0 Å². The topological polar surface area (TPSA) is 155 Å². The van der Waals surface area contributed by atoms with E-state index in [0.717, 1.165) is 12.0 Å². The summed E-state index contributed by atoms with van der Waals surface area (Å²) in [7, 11) is 4.66. The summed E-state index contributed by atoms with van der Waals surface area (Å²) in [6.45, 7) is 5.66. The molecule has 0 aromatic heterocycles. The summed E-state index contributed by atoms with van der Waals surface area (Å²) >= 11 is 0. The predicted molar refractivity (Wildman–Crippen MR) is 136 cm³/mol. The van der Waals surface area contributed by atoms with Gasteiger partial charge in [0.1, 0.15) is 0 Å². The molecule has 0 aliphatic carbocycles. The van der Waals surface area contributed by atoms with Gasteiger partial charge < -0.3 is 34.6 Å². The van der Waals surface area contributed by atoms with Crippen LogP contribution in [-0.2, 0) is 19.2 Å². The van der Waals surface area contributed by atoms with E-state index in [-0.39, 0.29) is 11.8 Å². The normalized spacial score (nSPS) is 13.6. The molecule has 0 spiro atoms. The SMILES string of the molecule is CCCNC(=O)CN1CCN(C(=O)/C=C/c2cc(OC)c(OC)c(OC)c2)CC1.O=C(O)/C=C\C(=O)O. The Bertz CT molecular complexity index is 943. The third kappa shape index (κ3) is 11.5. The van der Waals surface area contributed by atoms with Crippen LogP contribution in [0.25, 0.3) is 6.08 Å². The van der Waals surface area contributed by atoms with Crippen molar-refractivity contribution in [2.45, 2.75) is 13.3 Å². The Kier molecular flexibility index (Phi) is 13.9. The number of carboxylic acids is 2. The predicted octanol–water partition coefficient (Wildman–Crippen LogP) is 1.11. The Morgan fingerprint density at radius 1 is 0.892 bits per heavy atom. The van der Waals surface area contributed by atoms with E-state index in [4.69, 9.17) is 24.4 Å². The van der Waals surface area contributed by atoms with Gasteiger partial charge in [0, 0.05) is 51.0 Å². The fourth-order valence-corrected chi connectivity index (χ4v) is 3.26. The van der Waals surface area contributed by atoms with Crippen molar-refractivity contribution in [3.05, 3.63) is 35.9 Å². The molecular weight excluding hydrogens is 486 g/mol. The van der Waals surface area contributed by atoms with Gasteiger partial charge in [-0.25, -0.2) is 9.59 Å². The fourth-order valence-electron chi connectivity index (χ4n) is 3.26. The minimum absolute atomic E-state index is 0.0360. The lowest BCUT2D eigenvalue weighted by molar-refractivity contribution is -0.134. The first-order valence-electron chi connectivity index (χ1n) is 11.5. The van der Waals surface area contributed by atoms with Crippen molar-refractivity contribution in [2.75, 3.05) is 60.6 Å². The van der Waals surface area contributed by atoms with Gasteiger partial charge in [-0.2, -0.15) is 0 Å². The zero-order valence-electron chi connectivity index (χ0n) is 21.6. The van der Waals surface area contributed by atoms with Crippen molar-refractivity contribution >= 4 is 29.8 Å². The molecule has 37 heavy (non-hydrogen) atoms. The molecule has 12 nitrogen and oxygen atoms in total. The molecule has 1 saturated heterocycles. The monoisotopic (exact) mass is 521 g/mol. The number of carbonyl (C=O) groups excluding carboxylic acids is 2. The minimum Gasteiger partial charge on any atom is -0.493 e. The third-order valence-electron chi connectivity index (χ3n) is 5.10. The van der Waals surface area contributed by atoms with Gasteiger partial charge in [0.2, 0.25) is 17.6 Å².